The lowest BCUT2D eigenvalue weighted by molar-refractivity contribution is -0.144. The molecule has 0 heterocycles. The minimum atomic E-state index is -1.71. The lowest BCUT2D eigenvalue weighted by atomic mass is 9.70. The van der Waals surface area contributed by atoms with Crippen LogP contribution >= 0.6 is 0 Å². The second-order valence-corrected chi connectivity index (χ2v) is 4.31. The Balaban J connectivity index is 2.83. The number of halogens is 1. The largest absolute Gasteiger partial charge is 0.299 e. The third-order valence-electron chi connectivity index (χ3n) is 3.07. The minimum Gasteiger partial charge on any atom is -0.299 e. The summed E-state index contributed by atoms with van der Waals surface area (Å²) in [4.78, 5) is 33.9. The van der Waals surface area contributed by atoms with Crippen LogP contribution in [-0.2, 0) is 14.4 Å². The monoisotopic (exact) mass is 214 g/mol. The van der Waals surface area contributed by atoms with Gasteiger partial charge in [-0.3, -0.25) is 14.4 Å². The molecule has 3 nitrogen and oxygen atoms in total. The summed E-state index contributed by atoms with van der Waals surface area (Å²) in [6, 6.07) is 0. The summed E-state index contributed by atoms with van der Waals surface area (Å²) < 4.78 is 13.2. The van der Waals surface area contributed by atoms with Gasteiger partial charge >= 0.3 is 0 Å². The fourth-order valence-electron chi connectivity index (χ4n) is 1.85. The first-order chi connectivity index (χ1) is 6.88. The summed E-state index contributed by atoms with van der Waals surface area (Å²) in [5.41, 5.74) is -1.27. The zero-order valence-electron chi connectivity index (χ0n) is 9.01. The van der Waals surface area contributed by atoms with E-state index in [1.807, 2.05) is 0 Å². The van der Waals surface area contributed by atoms with E-state index in [1.54, 1.807) is 0 Å². The molecule has 15 heavy (non-hydrogen) atoms. The van der Waals surface area contributed by atoms with E-state index in [9.17, 15) is 18.8 Å². The summed E-state index contributed by atoms with van der Waals surface area (Å²) in [5.74, 6) is -1.09. The van der Waals surface area contributed by atoms with Gasteiger partial charge < -0.3 is 0 Å². The van der Waals surface area contributed by atoms with E-state index in [2.05, 4.69) is 0 Å². The predicted molar refractivity (Wildman–Crippen MR) is 52.2 cm³/mol. The molecule has 0 N–H and O–H groups in total. The van der Waals surface area contributed by atoms with E-state index in [0.717, 1.165) is 6.92 Å². The van der Waals surface area contributed by atoms with Crippen molar-refractivity contribution in [3.05, 3.63) is 0 Å². The van der Waals surface area contributed by atoms with Gasteiger partial charge in [0.15, 0.2) is 12.0 Å². The molecule has 0 spiro atoms. The quantitative estimate of drug-likeness (QED) is 0.671. The fraction of sp³-hybridized carbons (Fsp3) is 0.727. The van der Waals surface area contributed by atoms with Crippen LogP contribution in [0.25, 0.3) is 0 Å². The normalized spacial score (nSPS) is 22.6. The summed E-state index contributed by atoms with van der Waals surface area (Å²) in [6.07, 6.45) is -0.828. The highest BCUT2D eigenvalue weighted by Gasteiger charge is 2.44. The molecule has 0 radical (unpaired) electrons. The molecule has 1 aliphatic carbocycles. The molecule has 0 aromatic heterocycles. The Morgan fingerprint density at radius 2 is 1.87 bits per heavy atom. The van der Waals surface area contributed by atoms with Crippen LogP contribution < -0.4 is 0 Å². The van der Waals surface area contributed by atoms with Crippen molar-refractivity contribution in [2.24, 2.45) is 5.41 Å². The lowest BCUT2D eigenvalue weighted by Crippen LogP contribution is -2.42. The van der Waals surface area contributed by atoms with E-state index in [1.165, 1.54) is 6.92 Å². The van der Waals surface area contributed by atoms with Gasteiger partial charge in [0.2, 0.25) is 0 Å². The van der Waals surface area contributed by atoms with Crippen molar-refractivity contribution >= 4 is 17.3 Å². The van der Waals surface area contributed by atoms with Crippen molar-refractivity contribution in [1.29, 1.82) is 0 Å². The Hall–Kier alpha value is -1.06. The Bertz CT molecular complexity index is 293. The van der Waals surface area contributed by atoms with Crippen molar-refractivity contribution in [2.45, 2.75) is 45.7 Å². The van der Waals surface area contributed by atoms with Gasteiger partial charge in [0.1, 0.15) is 11.6 Å². The molecule has 1 saturated carbocycles. The maximum atomic E-state index is 13.2. The highest BCUT2D eigenvalue weighted by atomic mass is 19.1. The van der Waals surface area contributed by atoms with Gasteiger partial charge in [0.05, 0.1) is 5.41 Å². The van der Waals surface area contributed by atoms with Crippen molar-refractivity contribution in [2.75, 3.05) is 0 Å². The number of hydrogen-bond donors (Lipinski definition) is 0. The molecule has 84 valence electrons. The molecule has 1 rings (SSSR count). The van der Waals surface area contributed by atoms with E-state index in [-0.39, 0.29) is 18.0 Å². The molecule has 1 fully saturated rings. The zero-order valence-corrected chi connectivity index (χ0v) is 9.01. The van der Waals surface area contributed by atoms with Crippen LogP contribution in [0.5, 0.6) is 0 Å². The van der Waals surface area contributed by atoms with Crippen LogP contribution in [-0.4, -0.2) is 23.5 Å². The van der Waals surface area contributed by atoms with Crippen LogP contribution in [0.2, 0.25) is 0 Å². The van der Waals surface area contributed by atoms with Crippen LogP contribution in [0, 0.1) is 5.41 Å². The highest BCUT2D eigenvalue weighted by molar-refractivity contribution is 6.08. The van der Waals surface area contributed by atoms with Gasteiger partial charge in [0.25, 0.3) is 0 Å². The third-order valence-corrected chi connectivity index (χ3v) is 3.07. The first kappa shape index (κ1) is 12.0. The predicted octanol–water partition coefficient (Wildman–Crippen LogP) is 1.63. The van der Waals surface area contributed by atoms with E-state index >= 15 is 0 Å². The van der Waals surface area contributed by atoms with Crippen molar-refractivity contribution in [3.8, 4) is 0 Å². The van der Waals surface area contributed by atoms with Crippen molar-refractivity contribution in [3.63, 3.8) is 0 Å². The topological polar surface area (TPSA) is 51.2 Å². The van der Waals surface area contributed by atoms with Crippen LogP contribution in [0.15, 0.2) is 0 Å². The van der Waals surface area contributed by atoms with Crippen molar-refractivity contribution in [1.82, 2.24) is 0 Å². The van der Waals surface area contributed by atoms with Gasteiger partial charge in [-0.15, -0.1) is 0 Å². The van der Waals surface area contributed by atoms with Crippen LogP contribution in [0.4, 0.5) is 4.39 Å². The molecule has 0 bridgehead atoms. The van der Waals surface area contributed by atoms with E-state index < -0.39 is 17.4 Å². The van der Waals surface area contributed by atoms with E-state index in [4.69, 9.17) is 0 Å². The molecule has 0 aromatic carbocycles. The van der Waals surface area contributed by atoms with Crippen LogP contribution in [0.1, 0.15) is 39.5 Å². The molecule has 1 aliphatic rings. The third kappa shape index (κ3) is 2.30. The highest BCUT2D eigenvalue weighted by Crippen LogP contribution is 2.34. The second kappa shape index (κ2) is 4.21. The Labute approximate surface area is 88.0 Å². The minimum absolute atomic E-state index is 0.234. The van der Waals surface area contributed by atoms with Gasteiger partial charge in [-0.2, -0.15) is 0 Å². The molecular weight excluding hydrogens is 199 g/mol. The van der Waals surface area contributed by atoms with Gasteiger partial charge in [-0.1, -0.05) is 0 Å². The SMILES string of the molecule is CC(=O)C(F)CC1(C)C(=O)CCCC1=O. The van der Waals surface area contributed by atoms with Gasteiger partial charge in [0, 0.05) is 19.3 Å². The van der Waals surface area contributed by atoms with Crippen LogP contribution in [0.3, 0.4) is 0 Å². The summed E-state index contributed by atoms with van der Waals surface area (Å²) in [7, 11) is 0. The van der Waals surface area contributed by atoms with Gasteiger partial charge in [-0.25, -0.2) is 4.39 Å². The van der Waals surface area contributed by atoms with Crippen molar-refractivity contribution < 1.29 is 18.8 Å². The Morgan fingerprint density at radius 3 is 2.27 bits per heavy atom. The number of ketones is 3. The summed E-state index contributed by atoms with van der Waals surface area (Å²) in [5, 5.41) is 0. The summed E-state index contributed by atoms with van der Waals surface area (Å²) in [6.45, 7) is 2.58. The van der Waals surface area contributed by atoms with Gasteiger partial charge in [-0.05, 0) is 20.3 Å². The Kier molecular flexibility index (Phi) is 3.37. The number of hydrogen-bond acceptors (Lipinski definition) is 3. The Morgan fingerprint density at radius 1 is 1.40 bits per heavy atom. The number of rotatable bonds is 3. The molecule has 4 heteroatoms. The molecule has 0 aliphatic heterocycles. The number of Topliss-reactive ketones (excluding diaryl/α,β-unsaturated/α-hetero) is 3. The standard InChI is InChI=1S/C11H15FO3/c1-7(13)8(12)6-11(2)9(14)4-3-5-10(11)15/h8H,3-6H2,1-2H3. The first-order valence-electron chi connectivity index (χ1n) is 5.09. The zero-order chi connectivity index (χ0) is 11.6. The number of carbonyl (C=O) groups is 3. The smallest absolute Gasteiger partial charge is 0.163 e. The lowest BCUT2D eigenvalue weighted by Gasteiger charge is -2.30. The average Bonchev–Trinajstić information content (AvgIpc) is 2.14. The number of alkyl halides is 1. The molecule has 0 aromatic rings. The number of carbonyl (C=O) groups excluding carboxylic acids is 3. The maximum absolute atomic E-state index is 13.2. The van der Waals surface area contributed by atoms with E-state index in [0.29, 0.717) is 19.3 Å². The molecular formula is C11H15FO3. The molecule has 0 amide bonds. The molecule has 0 saturated heterocycles. The maximum Gasteiger partial charge on any atom is 0.163 e. The molecule has 1 unspecified atom stereocenters. The average molecular weight is 214 g/mol. The first-order valence-corrected chi connectivity index (χ1v) is 5.09. The fourth-order valence-corrected chi connectivity index (χ4v) is 1.85. The summed E-state index contributed by atoms with van der Waals surface area (Å²) >= 11 is 0. The second-order valence-electron chi connectivity index (χ2n) is 4.31. The molecule has 1 atom stereocenters.